The molecule has 2 fully saturated rings. The molecule has 0 aliphatic heterocycles. The molecule has 5 nitrogen and oxygen atoms in total. The second kappa shape index (κ2) is 6.02. The summed E-state index contributed by atoms with van der Waals surface area (Å²) in [6.45, 7) is 4.54. The predicted molar refractivity (Wildman–Crippen MR) is 76.5 cm³/mol. The first-order chi connectivity index (χ1) is 9.35. The molecule has 0 saturated heterocycles. The van der Waals surface area contributed by atoms with Gasteiger partial charge in [0.25, 0.3) is 0 Å². The summed E-state index contributed by atoms with van der Waals surface area (Å²) in [5, 5.41) is 14.9. The molecule has 0 aromatic rings. The van der Waals surface area contributed by atoms with Crippen molar-refractivity contribution in [3.8, 4) is 0 Å². The third-order valence-electron chi connectivity index (χ3n) is 4.79. The molecule has 2 aliphatic rings. The van der Waals surface area contributed by atoms with Crippen molar-refractivity contribution < 1.29 is 14.7 Å². The van der Waals surface area contributed by atoms with Gasteiger partial charge in [0.2, 0.25) is 0 Å². The Labute approximate surface area is 120 Å². The van der Waals surface area contributed by atoms with Gasteiger partial charge in [0.1, 0.15) is 0 Å². The van der Waals surface area contributed by atoms with Crippen LogP contribution < -0.4 is 10.6 Å². The lowest BCUT2D eigenvalue weighted by atomic mass is 9.76. The van der Waals surface area contributed by atoms with Crippen LogP contribution in [0.1, 0.15) is 58.8 Å². The number of carboxylic acids is 1. The highest BCUT2D eigenvalue weighted by molar-refractivity contribution is 5.75. The van der Waals surface area contributed by atoms with Gasteiger partial charge in [-0.05, 0) is 50.4 Å². The molecule has 2 amide bonds. The molecule has 20 heavy (non-hydrogen) atoms. The maximum absolute atomic E-state index is 11.9. The van der Waals surface area contributed by atoms with Crippen LogP contribution >= 0.6 is 0 Å². The van der Waals surface area contributed by atoms with E-state index in [0.29, 0.717) is 18.3 Å². The van der Waals surface area contributed by atoms with Crippen LogP contribution in [0.4, 0.5) is 4.79 Å². The van der Waals surface area contributed by atoms with Gasteiger partial charge in [-0.1, -0.05) is 13.8 Å². The summed E-state index contributed by atoms with van der Waals surface area (Å²) >= 11 is 0. The van der Waals surface area contributed by atoms with Gasteiger partial charge < -0.3 is 15.7 Å². The van der Waals surface area contributed by atoms with Crippen molar-refractivity contribution >= 4 is 12.0 Å². The van der Waals surface area contributed by atoms with Gasteiger partial charge in [0, 0.05) is 12.1 Å². The molecule has 2 unspecified atom stereocenters. The molecule has 3 N–H and O–H groups in total. The molecule has 114 valence electrons. The minimum absolute atomic E-state index is 0.0103. The summed E-state index contributed by atoms with van der Waals surface area (Å²) in [5.41, 5.74) is 0.398. The molecule has 2 aliphatic carbocycles. The zero-order valence-electron chi connectivity index (χ0n) is 12.4. The summed E-state index contributed by atoms with van der Waals surface area (Å²) < 4.78 is 0. The molecule has 2 atom stereocenters. The van der Waals surface area contributed by atoms with Crippen molar-refractivity contribution in [2.24, 2.45) is 11.3 Å². The lowest BCUT2D eigenvalue weighted by Crippen LogP contribution is -2.47. The van der Waals surface area contributed by atoms with Crippen LogP contribution in [0.25, 0.3) is 0 Å². The quantitative estimate of drug-likeness (QED) is 0.744. The highest BCUT2D eigenvalue weighted by atomic mass is 16.4. The summed E-state index contributed by atoms with van der Waals surface area (Å²) in [6, 6.07) is 0.140. The molecular weight excluding hydrogens is 256 g/mol. The van der Waals surface area contributed by atoms with Crippen LogP contribution in [-0.2, 0) is 4.79 Å². The highest BCUT2D eigenvalue weighted by Crippen LogP contribution is 2.35. The smallest absolute Gasteiger partial charge is 0.315 e. The Bertz CT molecular complexity index is 371. The normalized spacial score (nSPS) is 29.9. The van der Waals surface area contributed by atoms with Crippen molar-refractivity contribution in [2.75, 3.05) is 0 Å². The number of aliphatic carboxylic acids is 1. The number of carboxylic acid groups (broad SMARTS) is 1. The number of carbonyl (C=O) groups excluding carboxylic acids is 1. The predicted octanol–water partition coefficient (Wildman–Crippen LogP) is 2.51. The first-order valence-electron chi connectivity index (χ1n) is 7.65. The molecule has 0 heterocycles. The van der Waals surface area contributed by atoms with Crippen LogP contribution in [0, 0.1) is 11.3 Å². The Morgan fingerprint density at radius 1 is 1.00 bits per heavy atom. The second-order valence-electron chi connectivity index (χ2n) is 7.10. The summed E-state index contributed by atoms with van der Waals surface area (Å²) in [6.07, 6.45) is 6.33. The number of hydrogen-bond donors (Lipinski definition) is 3. The fourth-order valence-electron chi connectivity index (χ4n) is 3.29. The number of hydrogen-bond acceptors (Lipinski definition) is 2. The third-order valence-corrected chi connectivity index (χ3v) is 4.79. The number of urea groups is 1. The van der Waals surface area contributed by atoms with E-state index < -0.39 is 5.97 Å². The maximum Gasteiger partial charge on any atom is 0.315 e. The van der Waals surface area contributed by atoms with Crippen LogP contribution in [0.5, 0.6) is 0 Å². The van der Waals surface area contributed by atoms with E-state index in [-0.39, 0.29) is 24.0 Å². The Morgan fingerprint density at radius 2 is 1.60 bits per heavy atom. The van der Waals surface area contributed by atoms with Crippen LogP contribution in [0.15, 0.2) is 0 Å². The van der Waals surface area contributed by atoms with E-state index in [1.54, 1.807) is 0 Å². The van der Waals surface area contributed by atoms with Crippen LogP contribution in [0.2, 0.25) is 0 Å². The molecule has 2 saturated carbocycles. The number of carbonyl (C=O) groups is 2. The van der Waals surface area contributed by atoms with E-state index in [0.717, 1.165) is 32.1 Å². The van der Waals surface area contributed by atoms with E-state index in [1.807, 2.05) is 0 Å². The first kappa shape index (κ1) is 15.1. The van der Waals surface area contributed by atoms with Crippen molar-refractivity contribution in [1.29, 1.82) is 0 Å². The Hall–Kier alpha value is -1.26. The van der Waals surface area contributed by atoms with Gasteiger partial charge in [-0.25, -0.2) is 4.79 Å². The van der Waals surface area contributed by atoms with Gasteiger partial charge in [0.05, 0.1) is 5.92 Å². The molecule has 5 heteroatoms. The molecule has 0 aromatic carbocycles. The standard InChI is InChI=1S/C15H26N2O3/c1-15(2)7-5-11(6-8-15)16-14(20)17-12-4-3-10(9-12)13(18)19/h10-12H,3-9H2,1-2H3,(H,18,19)(H2,16,17,20). The van der Waals surface area contributed by atoms with E-state index in [9.17, 15) is 9.59 Å². The fraction of sp³-hybridized carbons (Fsp3) is 0.867. The van der Waals surface area contributed by atoms with Crippen molar-refractivity contribution in [3.63, 3.8) is 0 Å². The van der Waals surface area contributed by atoms with Crippen molar-refractivity contribution in [2.45, 2.75) is 70.9 Å². The van der Waals surface area contributed by atoms with Crippen LogP contribution in [0.3, 0.4) is 0 Å². The fourth-order valence-corrected chi connectivity index (χ4v) is 3.29. The van der Waals surface area contributed by atoms with Crippen molar-refractivity contribution in [3.05, 3.63) is 0 Å². The lowest BCUT2D eigenvalue weighted by Gasteiger charge is -2.34. The largest absolute Gasteiger partial charge is 0.481 e. The third kappa shape index (κ3) is 4.12. The average molecular weight is 282 g/mol. The lowest BCUT2D eigenvalue weighted by molar-refractivity contribution is -0.141. The van der Waals surface area contributed by atoms with Gasteiger partial charge in [0.15, 0.2) is 0 Å². The molecule has 0 spiro atoms. The minimum atomic E-state index is -0.746. The number of amides is 2. The second-order valence-corrected chi connectivity index (χ2v) is 7.10. The SMILES string of the molecule is CC1(C)CCC(NC(=O)NC2CCC(C(=O)O)C2)CC1. The summed E-state index contributed by atoms with van der Waals surface area (Å²) in [7, 11) is 0. The Kier molecular flexibility index (Phi) is 4.55. The number of nitrogens with one attached hydrogen (secondary N) is 2. The summed E-state index contributed by atoms with van der Waals surface area (Å²) in [4.78, 5) is 22.8. The minimum Gasteiger partial charge on any atom is -0.481 e. The van der Waals surface area contributed by atoms with Gasteiger partial charge >= 0.3 is 12.0 Å². The zero-order valence-corrected chi connectivity index (χ0v) is 12.4. The van der Waals surface area contributed by atoms with Crippen LogP contribution in [-0.4, -0.2) is 29.2 Å². The monoisotopic (exact) mass is 282 g/mol. The average Bonchev–Trinajstić information content (AvgIpc) is 2.80. The highest BCUT2D eigenvalue weighted by Gasteiger charge is 2.31. The molecular formula is C15H26N2O3. The Morgan fingerprint density at radius 3 is 2.15 bits per heavy atom. The van der Waals surface area contributed by atoms with E-state index >= 15 is 0 Å². The van der Waals surface area contributed by atoms with E-state index in [2.05, 4.69) is 24.5 Å². The Balaban J connectivity index is 1.70. The summed E-state index contributed by atoms with van der Waals surface area (Å²) in [5.74, 6) is -1.04. The number of rotatable bonds is 3. The van der Waals surface area contributed by atoms with Crippen molar-refractivity contribution in [1.82, 2.24) is 10.6 Å². The zero-order chi connectivity index (χ0) is 14.8. The van der Waals surface area contributed by atoms with Gasteiger partial charge in [-0.3, -0.25) is 4.79 Å². The molecule has 2 rings (SSSR count). The molecule has 0 bridgehead atoms. The van der Waals surface area contributed by atoms with Gasteiger partial charge in [-0.15, -0.1) is 0 Å². The topological polar surface area (TPSA) is 78.4 Å². The van der Waals surface area contributed by atoms with E-state index in [4.69, 9.17) is 5.11 Å². The first-order valence-corrected chi connectivity index (χ1v) is 7.65. The molecule has 0 radical (unpaired) electrons. The van der Waals surface area contributed by atoms with E-state index in [1.165, 1.54) is 0 Å². The maximum atomic E-state index is 11.9. The molecule has 0 aromatic heterocycles. The van der Waals surface area contributed by atoms with Gasteiger partial charge in [-0.2, -0.15) is 0 Å².